The van der Waals surface area contributed by atoms with Gasteiger partial charge in [0.1, 0.15) is 18.5 Å². The van der Waals surface area contributed by atoms with Crippen molar-refractivity contribution in [3.05, 3.63) is 29.8 Å². The summed E-state index contributed by atoms with van der Waals surface area (Å²) in [6.07, 6.45) is -0.585. The number of nitrogens with one attached hydrogen (secondary N) is 1. The molecule has 4 nitrogen and oxygen atoms in total. The van der Waals surface area contributed by atoms with Gasteiger partial charge in [-0.1, -0.05) is 12.1 Å². The molecule has 0 aliphatic carbocycles. The lowest BCUT2D eigenvalue weighted by atomic mass is 10.2. The molecule has 0 aliphatic heterocycles. The molecule has 0 bridgehead atoms. The van der Waals surface area contributed by atoms with Crippen LogP contribution in [0.25, 0.3) is 0 Å². The molecule has 4 heteroatoms. The summed E-state index contributed by atoms with van der Waals surface area (Å²) in [7, 11) is 3.45. The lowest BCUT2D eigenvalue weighted by Crippen LogP contribution is -2.22. The van der Waals surface area contributed by atoms with Crippen LogP contribution in [0, 0.1) is 0 Å². The molecule has 0 aromatic heterocycles. The number of aliphatic hydroxyl groups excluding tert-OH is 1. The van der Waals surface area contributed by atoms with Crippen molar-refractivity contribution < 1.29 is 14.6 Å². The lowest BCUT2D eigenvalue weighted by Gasteiger charge is -2.12. The third-order valence-corrected chi connectivity index (χ3v) is 2.08. The summed E-state index contributed by atoms with van der Waals surface area (Å²) in [4.78, 5) is 0. The van der Waals surface area contributed by atoms with Crippen molar-refractivity contribution in [2.24, 2.45) is 0 Å². The van der Waals surface area contributed by atoms with Crippen LogP contribution >= 0.6 is 0 Å². The maximum Gasteiger partial charge on any atom is 0.119 e. The number of benzene rings is 1. The van der Waals surface area contributed by atoms with Gasteiger partial charge >= 0.3 is 0 Å². The van der Waals surface area contributed by atoms with E-state index in [2.05, 4.69) is 5.32 Å². The van der Waals surface area contributed by atoms with E-state index in [9.17, 15) is 5.11 Å². The molecule has 1 aromatic carbocycles. The largest absolute Gasteiger partial charge is 0.491 e. The summed E-state index contributed by atoms with van der Waals surface area (Å²) in [5.74, 6) is 0.767. The van der Waals surface area contributed by atoms with Crippen molar-refractivity contribution in [2.45, 2.75) is 12.6 Å². The first kappa shape index (κ1) is 13.0. The van der Waals surface area contributed by atoms with E-state index >= 15 is 0 Å². The number of hydrogen-bond donors (Lipinski definition) is 2. The number of hydrogen-bond acceptors (Lipinski definition) is 4. The minimum atomic E-state index is -0.585. The zero-order chi connectivity index (χ0) is 11.8. The molecule has 1 aromatic rings. The van der Waals surface area contributed by atoms with Gasteiger partial charge in [0.05, 0.1) is 6.61 Å². The third-order valence-electron chi connectivity index (χ3n) is 2.08. The Hall–Kier alpha value is -1.10. The molecule has 0 heterocycles. The topological polar surface area (TPSA) is 50.7 Å². The zero-order valence-electron chi connectivity index (χ0n) is 9.77. The Bertz CT molecular complexity index is 304. The average molecular weight is 225 g/mol. The predicted octanol–water partition coefficient (Wildman–Crippen LogP) is 0.792. The monoisotopic (exact) mass is 225 g/mol. The van der Waals surface area contributed by atoms with Gasteiger partial charge in [-0.15, -0.1) is 0 Å². The van der Waals surface area contributed by atoms with E-state index in [0.29, 0.717) is 0 Å². The Kier molecular flexibility index (Phi) is 5.85. The van der Waals surface area contributed by atoms with Crippen molar-refractivity contribution in [1.82, 2.24) is 5.32 Å². The van der Waals surface area contributed by atoms with Crippen LogP contribution < -0.4 is 10.1 Å². The summed E-state index contributed by atoms with van der Waals surface area (Å²) >= 11 is 0. The highest BCUT2D eigenvalue weighted by atomic mass is 16.5. The molecule has 1 atom stereocenters. The highest BCUT2D eigenvalue weighted by Gasteiger charge is 2.04. The van der Waals surface area contributed by atoms with Gasteiger partial charge < -0.3 is 19.9 Å². The second-order valence-electron chi connectivity index (χ2n) is 3.60. The van der Waals surface area contributed by atoms with Crippen molar-refractivity contribution in [3.8, 4) is 5.75 Å². The molecule has 1 rings (SSSR count). The SMILES string of the molecule is CNCc1cccc(OCC(O)COC)c1. The molecule has 0 saturated heterocycles. The molecule has 0 spiro atoms. The molecule has 2 N–H and O–H groups in total. The van der Waals surface area contributed by atoms with E-state index in [4.69, 9.17) is 9.47 Å². The molecule has 90 valence electrons. The first-order valence-electron chi connectivity index (χ1n) is 5.29. The van der Waals surface area contributed by atoms with Crippen molar-refractivity contribution in [3.63, 3.8) is 0 Å². The highest BCUT2D eigenvalue weighted by molar-refractivity contribution is 5.28. The summed E-state index contributed by atoms with van der Waals surface area (Å²) < 4.78 is 10.3. The van der Waals surface area contributed by atoms with E-state index in [1.54, 1.807) is 7.11 Å². The third kappa shape index (κ3) is 4.61. The van der Waals surface area contributed by atoms with E-state index in [0.717, 1.165) is 17.9 Å². The Morgan fingerprint density at radius 2 is 2.19 bits per heavy atom. The van der Waals surface area contributed by atoms with Crippen LogP contribution in [0.3, 0.4) is 0 Å². The van der Waals surface area contributed by atoms with Gasteiger partial charge in [-0.2, -0.15) is 0 Å². The number of methoxy groups -OCH3 is 1. The van der Waals surface area contributed by atoms with Crippen molar-refractivity contribution in [1.29, 1.82) is 0 Å². The number of rotatable bonds is 7. The minimum absolute atomic E-state index is 0.247. The van der Waals surface area contributed by atoms with Crippen LogP contribution in [0.5, 0.6) is 5.75 Å². The summed E-state index contributed by atoms with van der Waals surface area (Å²) in [6, 6.07) is 7.79. The van der Waals surface area contributed by atoms with Crippen LogP contribution in [-0.2, 0) is 11.3 Å². The lowest BCUT2D eigenvalue weighted by molar-refractivity contribution is 0.0325. The molecular weight excluding hydrogens is 206 g/mol. The van der Waals surface area contributed by atoms with Crippen LogP contribution in [-0.4, -0.2) is 38.6 Å². The van der Waals surface area contributed by atoms with Gasteiger partial charge in [0.15, 0.2) is 0 Å². The zero-order valence-corrected chi connectivity index (χ0v) is 9.77. The second-order valence-corrected chi connectivity index (χ2v) is 3.60. The van der Waals surface area contributed by atoms with Gasteiger partial charge in [0, 0.05) is 13.7 Å². The molecule has 0 fully saturated rings. The summed E-state index contributed by atoms with van der Waals surface area (Å²) in [5, 5.41) is 12.5. The summed E-state index contributed by atoms with van der Waals surface area (Å²) in [5.41, 5.74) is 1.15. The van der Waals surface area contributed by atoms with Crippen molar-refractivity contribution >= 4 is 0 Å². The van der Waals surface area contributed by atoms with Crippen LogP contribution in [0.1, 0.15) is 5.56 Å². The highest BCUT2D eigenvalue weighted by Crippen LogP contribution is 2.13. The Morgan fingerprint density at radius 1 is 1.38 bits per heavy atom. The molecule has 0 amide bonds. The summed E-state index contributed by atoms with van der Waals surface area (Å²) in [6.45, 7) is 1.34. The fraction of sp³-hybridized carbons (Fsp3) is 0.500. The molecule has 0 radical (unpaired) electrons. The molecule has 0 saturated carbocycles. The first-order chi connectivity index (χ1) is 7.76. The fourth-order valence-electron chi connectivity index (χ4n) is 1.38. The van der Waals surface area contributed by atoms with E-state index in [1.165, 1.54) is 0 Å². The molecule has 1 unspecified atom stereocenters. The van der Waals surface area contributed by atoms with E-state index < -0.39 is 6.10 Å². The van der Waals surface area contributed by atoms with Crippen LogP contribution in [0.4, 0.5) is 0 Å². The maximum absolute atomic E-state index is 9.42. The van der Waals surface area contributed by atoms with E-state index in [1.807, 2.05) is 31.3 Å². The van der Waals surface area contributed by atoms with Crippen LogP contribution in [0.15, 0.2) is 24.3 Å². The number of ether oxygens (including phenoxy) is 2. The van der Waals surface area contributed by atoms with Crippen molar-refractivity contribution in [2.75, 3.05) is 27.4 Å². The predicted molar refractivity (Wildman–Crippen MR) is 62.6 cm³/mol. The van der Waals surface area contributed by atoms with Gasteiger partial charge in [0.2, 0.25) is 0 Å². The average Bonchev–Trinajstić information content (AvgIpc) is 2.28. The first-order valence-corrected chi connectivity index (χ1v) is 5.29. The molecule has 16 heavy (non-hydrogen) atoms. The minimum Gasteiger partial charge on any atom is -0.491 e. The maximum atomic E-state index is 9.42. The Morgan fingerprint density at radius 3 is 2.88 bits per heavy atom. The normalized spacial score (nSPS) is 12.4. The van der Waals surface area contributed by atoms with Gasteiger partial charge in [-0.05, 0) is 24.7 Å². The van der Waals surface area contributed by atoms with Crippen LogP contribution in [0.2, 0.25) is 0 Å². The number of aliphatic hydroxyl groups is 1. The molecule has 0 aliphatic rings. The van der Waals surface area contributed by atoms with Gasteiger partial charge in [0.25, 0.3) is 0 Å². The Labute approximate surface area is 96.2 Å². The molecular formula is C12H19NO3. The standard InChI is InChI=1S/C12H19NO3/c1-13-7-10-4-3-5-12(6-10)16-9-11(14)8-15-2/h3-6,11,13-14H,7-9H2,1-2H3. The smallest absolute Gasteiger partial charge is 0.119 e. The Balaban J connectivity index is 2.44. The van der Waals surface area contributed by atoms with E-state index in [-0.39, 0.29) is 13.2 Å². The second kappa shape index (κ2) is 7.22. The van der Waals surface area contributed by atoms with Gasteiger partial charge in [-0.3, -0.25) is 0 Å². The fourth-order valence-corrected chi connectivity index (χ4v) is 1.38. The quantitative estimate of drug-likeness (QED) is 0.720. The van der Waals surface area contributed by atoms with Gasteiger partial charge in [-0.25, -0.2) is 0 Å².